The number of aromatic hydroxyl groups is 2. The van der Waals surface area contributed by atoms with Crippen LogP contribution in [0.15, 0.2) is 40.8 Å². The largest absolute Gasteiger partial charge is 0.504 e. The molecular formula is C22H24O5. The van der Waals surface area contributed by atoms with Crippen molar-refractivity contribution in [3.63, 3.8) is 0 Å². The van der Waals surface area contributed by atoms with Gasteiger partial charge in [0.1, 0.15) is 5.76 Å². The fourth-order valence-corrected chi connectivity index (χ4v) is 3.16. The van der Waals surface area contributed by atoms with Gasteiger partial charge in [0, 0.05) is 16.5 Å². The van der Waals surface area contributed by atoms with Gasteiger partial charge in [-0.15, -0.1) is 6.58 Å². The minimum Gasteiger partial charge on any atom is -0.504 e. The predicted octanol–water partition coefficient (Wildman–Crippen LogP) is 5.35. The molecule has 3 rings (SSSR count). The molecule has 1 aromatic heterocycles. The summed E-state index contributed by atoms with van der Waals surface area (Å²) >= 11 is 0. The summed E-state index contributed by atoms with van der Waals surface area (Å²) < 4.78 is 16.4. The average molecular weight is 368 g/mol. The molecule has 0 fully saturated rings. The van der Waals surface area contributed by atoms with Crippen LogP contribution in [0.2, 0.25) is 0 Å². The van der Waals surface area contributed by atoms with E-state index in [0.717, 1.165) is 34.9 Å². The molecule has 0 saturated heterocycles. The summed E-state index contributed by atoms with van der Waals surface area (Å²) in [6.07, 6.45) is 1.67. The second-order valence-electron chi connectivity index (χ2n) is 6.73. The highest BCUT2D eigenvalue weighted by atomic mass is 16.5. The number of hydrogen-bond donors (Lipinski definition) is 2. The van der Waals surface area contributed by atoms with E-state index >= 15 is 0 Å². The molecule has 0 aliphatic heterocycles. The molecule has 1 heterocycles. The van der Waals surface area contributed by atoms with Crippen LogP contribution in [0, 0.1) is 6.92 Å². The summed E-state index contributed by atoms with van der Waals surface area (Å²) in [5.41, 5.74) is 4.15. The highest BCUT2D eigenvalue weighted by Gasteiger charge is 2.20. The number of allylic oxidation sites excluding steroid dienone is 1. The quantitative estimate of drug-likeness (QED) is 0.574. The number of ether oxygens (including phenoxy) is 2. The van der Waals surface area contributed by atoms with Crippen LogP contribution in [0.25, 0.3) is 22.3 Å². The van der Waals surface area contributed by atoms with Crippen molar-refractivity contribution in [3.05, 3.63) is 47.5 Å². The van der Waals surface area contributed by atoms with Gasteiger partial charge in [0.25, 0.3) is 0 Å². The Bertz CT molecular complexity index is 988. The second-order valence-corrected chi connectivity index (χ2v) is 6.73. The van der Waals surface area contributed by atoms with Gasteiger partial charge in [-0.25, -0.2) is 0 Å². The second kappa shape index (κ2) is 7.27. The topological polar surface area (TPSA) is 72.1 Å². The van der Waals surface area contributed by atoms with E-state index in [1.165, 1.54) is 14.2 Å². The van der Waals surface area contributed by atoms with Crippen LogP contribution < -0.4 is 9.47 Å². The Kier molecular flexibility index (Phi) is 5.04. The van der Waals surface area contributed by atoms with Crippen LogP contribution in [0.1, 0.15) is 24.5 Å². The zero-order valence-electron chi connectivity index (χ0n) is 16.0. The molecule has 0 spiro atoms. The van der Waals surface area contributed by atoms with Crippen LogP contribution in [0.4, 0.5) is 0 Å². The summed E-state index contributed by atoms with van der Waals surface area (Å²) in [5.74, 6) is 1.21. The molecule has 5 heteroatoms. The Balaban J connectivity index is 2.15. The first-order chi connectivity index (χ1) is 12.8. The maximum absolute atomic E-state index is 10.4. The van der Waals surface area contributed by atoms with E-state index in [0.29, 0.717) is 16.9 Å². The lowest BCUT2D eigenvalue weighted by Gasteiger charge is -2.10. The Morgan fingerprint density at radius 1 is 1.07 bits per heavy atom. The van der Waals surface area contributed by atoms with Crippen molar-refractivity contribution >= 4 is 11.0 Å². The molecule has 27 heavy (non-hydrogen) atoms. The molecule has 2 aromatic carbocycles. The molecule has 5 nitrogen and oxygen atoms in total. The molecule has 0 amide bonds. The highest BCUT2D eigenvalue weighted by molar-refractivity contribution is 5.92. The van der Waals surface area contributed by atoms with Gasteiger partial charge in [-0.05, 0) is 56.5 Å². The molecule has 0 bridgehead atoms. The smallest absolute Gasteiger partial charge is 0.200 e. The third-order valence-electron chi connectivity index (χ3n) is 4.66. The number of rotatable bonds is 6. The number of phenols is 2. The molecule has 0 aliphatic rings. The van der Waals surface area contributed by atoms with Gasteiger partial charge in [-0.1, -0.05) is 5.57 Å². The summed E-state index contributed by atoms with van der Waals surface area (Å²) in [6.45, 7) is 7.86. The molecule has 0 radical (unpaired) electrons. The number of fused-ring (bicyclic) bond motifs is 1. The minimum atomic E-state index is -0.0672. The molecule has 0 saturated carbocycles. The van der Waals surface area contributed by atoms with Crippen molar-refractivity contribution in [2.24, 2.45) is 0 Å². The van der Waals surface area contributed by atoms with Crippen LogP contribution in [0.5, 0.6) is 23.0 Å². The Morgan fingerprint density at radius 3 is 2.26 bits per heavy atom. The summed E-state index contributed by atoms with van der Waals surface area (Å²) in [4.78, 5) is 0. The van der Waals surface area contributed by atoms with E-state index in [1.807, 2.05) is 19.9 Å². The lowest BCUT2D eigenvalue weighted by molar-refractivity contribution is 0.340. The lowest BCUT2D eigenvalue weighted by atomic mass is 10.0. The van der Waals surface area contributed by atoms with Crippen LogP contribution in [-0.4, -0.2) is 24.4 Å². The van der Waals surface area contributed by atoms with Crippen LogP contribution >= 0.6 is 0 Å². The van der Waals surface area contributed by atoms with Crippen LogP contribution in [0.3, 0.4) is 0 Å². The number of phenolic OH excluding ortho intramolecular Hbond substituents is 2. The van der Waals surface area contributed by atoms with Crippen molar-refractivity contribution in [2.45, 2.75) is 26.7 Å². The number of benzene rings is 2. The third-order valence-corrected chi connectivity index (χ3v) is 4.66. The van der Waals surface area contributed by atoms with E-state index in [2.05, 4.69) is 6.58 Å². The first-order valence-electron chi connectivity index (χ1n) is 8.70. The summed E-state index contributed by atoms with van der Waals surface area (Å²) in [6, 6.07) is 7.13. The molecule has 0 aliphatic carbocycles. The number of furan rings is 1. The Morgan fingerprint density at radius 2 is 1.70 bits per heavy atom. The maximum atomic E-state index is 10.4. The fraction of sp³-hybridized carbons (Fsp3) is 0.273. The van der Waals surface area contributed by atoms with Gasteiger partial charge in [0.15, 0.2) is 22.8 Å². The van der Waals surface area contributed by atoms with E-state index in [4.69, 9.17) is 13.9 Å². The number of hydrogen-bond acceptors (Lipinski definition) is 5. The third kappa shape index (κ3) is 3.45. The Labute approximate surface area is 158 Å². The van der Waals surface area contributed by atoms with Crippen LogP contribution in [-0.2, 0) is 6.42 Å². The van der Waals surface area contributed by atoms with E-state index < -0.39 is 0 Å². The van der Waals surface area contributed by atoms with E-state index in [-0.39, 0.29) is 23.0 Å². The summed E-state index contributed by atoms with van der Waals surface area (Å²) in [7, 11) is 2.95. The molecule has 0 atom stereocenters. The lowest BCUT2D eigenvalue weighted by Crippen LogP contribution is -1.90. The van der Waals surface area contributed by atoms with Gasteiger partial charge in [-0.2, -0.15) is 0 Å². The molecule has 3 aromatic rings. The van der Waals surface area contributed by atoms with Crippen molar-refractivity contribution in [1.29, 1.82) is 0 Å². The average Bonchev–Trinajstić information content (AvgIpc) is 2.98. The number of methoxy groups -OCH3 is 2. The highest BCUT2D eigenvalue weighted by Crippen LogP contribution is 2.44. The molecule has 2 N–H and O–H groups in total. The van der Waals surface area contributed by atoms with Crippen molar-refractivity contribution in [3.8, 4) is 34.3 Å². The van der Waals surface area contributed by atoms with Gasteiger partial charge in [0.05, 0.1) is 14.2 Å². The monoisotopic (exact) mass is 368 g/mol. The van der Waals surface area contributed by atoms with Gasteiger partial charge in [0.2, 0.25) is 5.75 Å². The van der Waals surface area contributed by atoms with Crippen molar-refractivity contribution < 1.29 is 24.1 Å². The molecule has 0 unspecified atom stereocenters. The fourth-order valence-electron chi connectivity index (χ4n) is 3.16. The minimum absolute atomic E-state index is 0.0672. The SMILES string of the molecule is C=C(C)CCc1cc(O)c2oc(-c3cc(OC)c(O)c(OC)c3)c(C)c2c1. The summed E-state index contributed by atoms with van der Waals surface area (Å²) in [5, 5.41) is 21.4. The molecular weight excluding hydrogens is 344 g/mol. The first-order valence-corrected chi connectivity index (χ1v) is 8.70. The van der Waals surface area contributed by atoms with E-state index in [1.54, 1.807) is 18.2 Å². The maximum Gasteiger partial charge on any atom is 0.200 e. The van der Waals surface area contributed by atoms with Crippen molar-refractivity contribution in [1.82, 2.24) is 0 Å². The zero-order valence-corrected chi connectivity index (χ0v) is 16.0. The Hall–Kier alpha value is -3.08. The zero-order chi connectivity index (χ0) is 19.7. The van der Waals surface area contributed by atoms with Gasteiger partial charge in [-0.3, -0.25) is 0 Å². The standard InChI is InChI=1S/C22H24O5/c1-12(2)6-7-14-8-16-13(3)21(27-22(16)17(23)9-14)15-10-18(25-4)20(24)19(11-15)26-5/h8-11,23-24H,1,6-7H2,2-5H3. The van der Waals surface area contributed by atoms with E-state index in [9.17, 15) is 10.2 Å². The van der Waals surface area contributed by atoms with Gasteiger partial charge >= 0.3 is 0 Å². The normalized spacial score (nSPS) is 11.0. The number of aryl methyl sites for hydroxylation is 2. The first kappa shape index (κ1) is 18.7. The predicted molar refractivity (Wildman–Crippen MR) is 106 cm³/mol. The van der Waals surface area contributed by atoms with Gasteiger partial charge < -0.3 is 24.1 Å². The van der Waals surface area contributed by atoms with Crippen molar-refractivity contribution in [2.75, 3.05) is 14.2 Å². The molecule has 142 valence electrons.